The molecule has 1 fully saturated rings. The number of pyridine rings is 1. The molecule has 22 heavy (non-hydrogen) atoms. The van der Waals surface area contributed by atoms with Gasteiger partial charge >= 0.3 is 0 Å². The summed E-state index contributed by atoms with van der Waals surface area (Å²) in [6.45, 7) is 2.90. The Morgan fingerprint density at radius 2 is 2.09 bits per heavy atom. The number of halogens is 1. The van der Waals surface area contributed by atoms with Crippen LogP contribution in [0, 0.1) is 12.7 Å². The maximum absolute atomic E-state index is 13.7. The molecular formula is C17H17FN2O2. The van der Waals surface area contributed by atoms with Crippen molar-refractivity contribution in [3.8, 4) is 5.88 Å². The van der Waals surface area contributed by atoms with Crippen LogP contribution in [-0.2, 0) is 0 Å². The first-order chi connectivity index (χ1) is 10.6. The van der Waals surface area contributed by atoms with Crippen molar-refractivity contribution in [2.75, 3.05) is 13.1 Å². The highest BCUT2D eigenvalue weighted by Crippen LogP contribution is 2.19. The zero-order valence-electron chi connectivity index (χ0n) is 12.3. The highest BCUT2D eigenvalue weighted by molar-refractivity contribution is 5.94. The van der Waals surface area contributed by atoms with Gasteiger partial charge in [-0.1, -0.05) is 18.2 Å². The van der Waals surface area contributed by atoms with Crippen LogP contribution in [0.15, 0.2) is 42.5 Å². The average Bonchev–Trinajstić information content (AvgIpc) is 2.95. The third kappa shape index (κ3) is 3.08. The van der Waals surface area contributed by atoms with E-state index >= 15 is 0 Å². The summed E-state index contributed by atoms with van der Waals surface area (Å²) in [6, 6.07) is 11.6. The lowest BCUT2D eigenvalue weighted by Crippen LogP contribution is -2.31. The van der Waals surface area contributed by atoms with E-state index in [9.17, 15) is 9.18 Å². The number of amides is 1. The summed E-state index contributed by atoms with van der Waals surface area (Å²) in [5, 5.41) is 0. The van der Waals surface area contributed by atoms with E-state index in [4.69, 9.17) is 4.74 Å². The zero-order valence-corrected chi connectivity index (χ0v) is 12.3. The predicted octanol–water partition coefficient (Wildman–Crippen LogP) is 2.82. The molecule has 0 spiro atoms. The Hall–Kier alpha value is -2.43. The SMILES string of the molecule is Cc1cccc(OC2CCN(C(=O)c3ccccc3F)C2)n1. The van der Waals surface area contributed by atoms with E-state index in [2.05, 4.69) is 4.98 Å². The number of nitrogens with zero attached hydrogens (tertiary/aromatic N) is 2. The number of hydrogen-bond acceptors (Lipinski definition) is 3. The highest BCUT2D eigenvalue weighted by atomic mass is 19.1. The van der Waals surface area contributed by atoms with Crippen LogP contribution in [-0.4, -0.2) is 35.0 Å². The molecule has 0 radical (unpaired) electrons. The summed E-state index contributed by atoms with van der Waals surface area (Å²) in [6.07, 6.45) is 0.612. The topological polar surface area (TPSA) is 42.4 Å². The number of ether oxygens (including phenoxy) is 1. The normalized spacial score (nSPS) is 17.5. The van der Waals surface area contributed by atoms with Gasteiger partial charge in [0.05, 0.1) is 12.1 Å². The molecule has 1 aromatic carbocycles. The highest BCUT2D eigenvalue weighted by Gasteiger charge is 2.29. The molecule has 0 saturated carbocycles. The minimum atomic E-state index is -0.489. The summed E-state index contributed by atoms with van der Waals surface area (Å²) >= 11 is 0. The van der Waals surface area contributed by atoms with E-state index < -0.39 is 5.82 Å². The minimum Gasteiger partial charge on any atom is -0.472 e. The Balaban J connectivity index is 1.65. The van der Waals surface area contributed by atoms with Crippen LogP contribution in [0.5, 0.6) is 5.88 Å². The number of hydrogen-bond donors (Lipinski definition) is 0. The molecule has 1 aliphatic heterocycles. The Bertz CT molecular complexity index is 690. The van der Waals surface area contributed by atoms with Gasteiger partial charge in [0.2, 0.25) is 5.88 Å². The van der Waals surface area contributed by atoms with E-state index in [1.54, 1.807) is 23.1 Å². The van der Waals surface area contributed by atoms with E-state index in [1.807, 2.05) is 19.1 Å². The lowest BCUT2D eigenvalue weighted by atomic mass is 10.2. The molecule has 114 valence electrons. The van der Waals surface area contributed by atoms with Crippen LogP contribution >= 0.6 is 0 Å². The van der Waals surface area contributed by atoms with Crippen LogP contribution in [0.3, 0.4) is 0 Å². The summed E-state index contributed by atoms with van der Waals surface area (Å²) in [4.78, 5) is 18.3. The second-order valence-corrected chi connectivity index (χ2v) is 5.38. The quantitative estimate of drug-likeness (QED) is 0.875. The van der Waals surface area contributed by atoms with Gasteiger partial charge in [-0.25, -0.2) is 9.37 Å². The van der Waals surface area contributed by atoms with Crippen molar-refractivity contribution in [1.82, 2.24) is 9.88 Å². The van der Waals surface area contributed by atoms with E-state index in [0.29, 0.717) is 19.0 Å². The number of likely N-dealkylation sites (tertiary alicyclic amines) is 1. The van der Waals surface area contributed by atoms with Crippen molar-refractivity contribution in [2.24, 2.45) is 0 Å². The third-order valence-electron chi connectivity index (χ3n) is 3.69. The number of rotatable bonds is 3. The van der Waals surface area contributed by atoms with Crippen molar-refractivity contribution in [1.29, 1.82) is 0 Å². The molecule has 1 unspecified atom stereocenters. The third-order valence-corrected chi connectivity index (χ3v) is 3.69. The monoisotopic (exact) mass is 300 g/mol. The molecule has 1 atom stereocenters. The molecule has 1 aromatic heterocycles. The maximum Gasteiger partial charge on any atom is 0.256 e. The predicted molar refractivity (Wildman–Crippen MR) is 80.3 cm³/mol. The van der Waals surface area contributed by atoms with Gasteiger partial charge in [0, 0.05) is 24.7 Å². The van der Waals surface area contributed by atoms with E-state index in [1.165, 1.54) is 12.1 Å². The van der Waals surface area contributed by atoms with Crippen molar-refractivity contribution in [2.45, 2.75) is 19.4 Å². The molecule has 0 aliphatic carbocycles. The number of carbonyl (C=O) groups is 1. The first kappa shape index (κ1) is 14.5. The molecule has 0 bridgehead atoms. The smallest absolute Gasteiger partial charge is 0.256 e. The summed E-state index contributed by atoms with van der Waals surface area (Å²) < 4.78 is 19.5. The number of aromatic nitrogens is 1. The average molecular weight is 300 g/mol. The number of aryl methyl sites for hydroxylation is 1. The molecule has 0 N–H and O–H groups in total. The molecule has 3 rings (SSSR count). The number of benzene rings is 1. The second kappa shape index (κ2) is 6.13. The van der Waals surface area contributed by atoms with Crippen LogP contribution in [0.25, 0.3) is 0 Å². The first-order valence-electron chi connectivity index (χ1n) is 7.27. The van der Waals surface area contributed by atoms with Crippen LogP contribution in [0.2, 0.25) is 0 Å². The molecular weight excluding hydrogens is 283 g/mol. The lowest BCUT2D eigenvalue weighted by molar-refractivity contribution is 0.0766. The second-order valence-electron chi connectivity index (χ2n) is 5.38. The van der Waals surface area contributed by atoms with Crippen LogP contribution < -0.4 is 4.74 Å². The number of carbonyl (C=O) groups excluding carboxylic acids is 1. The minimum absolute atomic E-state index is 0.106. The van der Waals surface area contributed by atoms with Gasteiger partial charge in [-0.2, -0.15) is 0 Å². The van der Waals surface area contributed by atoms with Crippen molar-refractivity contribution in [3.63, 3.8) is 0 Å². The van der Waals surface area contributed by atoms with Gasteiger partial charge in [-0.15, -0.1) is 0 Å². The largest absolute Gasteiger partial charge is 0.472 e. The molecule has 1 saturated heterocycles. The van der Waals surface area contributed by atoms with Crippen molar-refractivity contribution >= 4 is 5.91 Å². The van der Waals surface area contributed by atoms with E-state index in [0.717, 1.165) is 12.1 Å². The molecule has 5 heteroatoms. The Kier molecular flexibility index (Phi) is 4.04. The fourth-order valence-electron chi connectivity index (χ4n) is 2.57. The fraction of sp³-hybridized carbons (Fsp3) is 0.294. The summed E-state index contributed by atoms with van der Waals surface area (Å²) in [7, 11) is 0. The lowest BCUT2D eigenvalue weighted by Gasteiger charge is -2.17. The Morgan fingerprint density at radius 3 is 2.86 bits per heavy atom. The molecule has 1 amide bonds. The Labute approximate surface area is 128 Å². The van der Waals surface area contributed by atoms with Gasteiger partial charge in [-0.05, 0) is 25.1 Å². The fourth-order valence-corrected chi connectivity index (χ4v) is 2.57. The summed E-state index contributed by atoms with van der Waals surface area (Å²) in [5.41, 5.74) is 0.992. The van der Waals surface area contributed by atoms with Gasteiger partial charge < -0.3 is 9.64 Å². The standard InChI is InChI=1S/C17H17FN2O2/c1-12-5-4-8-16(19-12)22-13-9-10-20(11-13)17(21)14-6-2-3-7-15(14)18/h2-8,13H,9-11H2,1H3. The molecule has 4 nitrogen and oxygen atoms in total. The van der Waals surface area contributed by atoms with Gasteiger partial charge in [0.1, 0.15) is 11.9 Å². The first-order valence-corrected chi connectivity index (χ1v) is 7.27. The van der Waals surface area contributed by atoms with Gasteiger partial charge in [0.15, 0.2) is 0 Å². The molecule has 1 aliphatic rings. The molecule has 2 aromatic rings. The van der Waals surface area contributed by atoms with Gasteiger partial charge in [-0.3, -0.25) is 4.79 Å². The van der Waals surface area contributed by atoms with E-state index in [-0.39, 0.29) is 17.6 Å². The Morgan fingerprint density at radius 1 is 1.27 bits per heavy atom. The van der Waals surface area contributed by atoms with Gasteiger partial charge in [0.25, 0.3) is 5.91 Å². The summed E-state index contributed by atoms with van der Waals surface area (Å²) in [5.74, 6) is -0.219. The van der Waals surface area contributed by atoms with Crippen molar-refractivity contribution < 1.29 is 13.9 Å². The zero-order chi connectivity index (χ0) is 15.5. The van der Waals surface area contributed by atoms with Crippen LogP contribution in [0.1, 0.15) is 22.5 Å². The van der Waals surface area contributed by atoms with Crippen molar-refractivity contribution in [3.05, 3.63) is 59.5 Å². The van der Waals surface area contributed by atoms with Crippen LogP contribution in [0.4, 0.5) is 4.39 Å². The maximum atomic E-state index is 13.7. The molecule has 2 heterocycles.